The Morgan fingerprint density at radius 3 is 3.07 bits per heavy atom. The van der Waals surface area contributed by atoms with E-state index in [1.54, 1.807) is 19.2 Å². The van der Waals surface area contributed by atoms with Crippen molar-refractivity contribution in [2.24, 2.45) is 0 Å². The standard InChI is InChI=1S/C12H15FO2/c1-15-8-12(14)7-3-4-9-10(12)5-2-6-11(9)13/h2,5-6,14H,3-4,7-8H2,1H3. The molecular weight excluding hydrogens is 195 g/mol. The largest absolute Gasteiger partial charge is 0.383 e. The Balaban J connectivity index is 2.46. The highest BCUT2D eigenvalue weighted by Gasteiger charge is 2.35. The van der Waals surface area contributed by atoms with Gasteiger partial charge in [-0.1, -0.05) is 12.1 Å². The molecule has 1 aliphatic rings. The Hall–Kier alpha value is -0.930. The fraction of sp³-hybridized carbons (Fsp3) is 0.500. The summed E-state index contributed by atoms with van der Waals surface area (Å²) in [6.45, 7) is 0.226. The van der Waals surface area contributed by atoms with E-state index in [1.165, 1.54) is 6.07 Å². The van der Waals surface area contributed by atoms with Crippen LogP contribution in [0, 0.1) is 5.82 Å². The van der Waals surface area contributed by atoms with Crippen LogP contribution in [-0.4, -0.2) is 18.8 Å². The third-order valence-electron chi connectivity index (χ3n) is 3.02. The highest BCUT2D eigenvalue weighted by atomic mass is 19.1. The predicted molar refractivity (Wildman–Crippen MR) is 55.1 cm³/mol. The number of aliphatic hydroxyl groups is 1. The van der Waals surface area contributed by atoms with Crippen LogP contribution in [0.4, 0.5) is 4.39 Å². The maximum absolute atomic E-state index is 13.5. The van der Waals surface area contributed by atoms with Crippen LogP contribution in [0.1, 0.15) is 24.0 Å². The molecule has 1 aromatic carbocycles. The van der Waals surface area contributed by atoms with Crippen molar-refractivity contribution in [2.45, 2.75) is 24.9 Å². The molecule has 1 aliphatic carbocycles. The molecule has 0 radical (unpaired) electrons. The summed E-state index contributed by atoms with van der Waals surface area (Å²) >= 11 is 0. The van der Waals surface area contributed by atoms with Gasteiger partial charge in [0.2, 0.25) is 0 Å². The third-order valence-corrected chi connectivity index (χ3v) is 3.02. The van der Waals surface area contributed by atoms with Gasteiger partial charge < -0.3 is 9.84 Å². The van der Waals surface area contributed by atoms with Gasteiger partial charge in [0.1, 0.15) is 11.4 Å². The van der Waals surface area contributed by atoms with Gasteiger partial charge in [-0.05, 0) is 36.5 Å². The first-order chi connectivity index (χ1) is 7.17. The monoisotopic (exact) mass is 210 g/mol. The molecule has 1 N–H and O–H groups in total. The third kappa shape index (κ3) is 1.77. The van der Waals surface area contributed by atoms with Gasteiger partial charge in [-0.15, -0.1) is 0 Å². The van der Waals surface area contributed by atoms with Crippen molar-refractivity contribution in [2.75, 3.05) is 13.7 Å². The predicted octanol–water partition coefficient (Wildman–Crippen LogP) is 2.00. The lowest BCUT2D eigenvalue weighted by molar-refractivity contribution is -0.0483. The molecule has 1 aromatic rings. The molecule has 0 bridgehead atoms. The van der Waals surface area contributed by atoms with Crippen molar-refractivity contribution in [3.05, 3.63) is 35.1 Å². The van der Waals surface area contributed by atoms with Crippen LogP contribution in [-0.2, 0) is 16.8 Å². The number of rotatable bonds is 2. The van der Waals surface area contributed by atoms with Crippen LogP contribution < -0.4 is 0 Å². The second-order valence-electron chi connectivity index (χ2n) is 4.08. The zero-order valence-electron chi connectivity index (χ0n) is 8.79. The number of hydrogen-bond donors (Lipinski definition) is 1. The van der Waals surface area contributed by atoms with Gasteiger partial charge in [-0.25, -0.2) is 4.39 Å². The number of fused-ring (bicyclic) bond motifs is 1. The molecule has 82 valence electrons. The van der Waals surface area contributed by atoms with Crippen LogP contribution in [0.2, 0.25) is 0 Å². The molecule has 0 saturated heterocycles. The van der Waals surface area contributed by atoms with Crippen LogP contribution in [0.3, 0.4) is 0 Å². The first-order valence-electron chi connectivity index (χ1n) is 5.16. The lowest BCUT2D eigenvalue weighted by Crippen LogP contribution is -2.35. The van der Waals surface area contributed by atoms with Gasteiger partial charge in [-0.3, -0.25) is 0 Å². The van der Waals surface area contributed by atoms with Crippen molar-refractivity contribution in [3.63, 3.8) is 0 Å². The maximum Gasteiger partial charge on any atom is 0.126 e. The van der Waals surface area contributed by atoms with Crippen LogP contribution in [0.5, 0.6) is 0 Å². The van der Waals surface area contributed by atoms with E-state index >= 15 is 0 Å². The van der Waals surface area contributed by atoms with E-state index in [0.717, 1.165) is 6.42 Å². The fourth-order valence-electron chi connectivity index (χ4n) is 2.33. The summed E-state index contributed by atoms with van der Waals surface area (Å²) in [5.41, 5.74) is 0.323. The number of ether oxygens (including phenoxy) is 1. The maximum atomic E-state index is 13.5. The minimum absolute atomic E-state index is 0.221. The molecule has 0 heterocycles. The van der Waals surface area contributed by atoms with Crippen molar-refractivity contribution < 1.29 is 14.2 Å². The lowest BCUT2D eigenvalue weighted by atomic mass is 9.79. The average Bonchev–Trinajstić information content (AvgIpc) is 2.20. The lowest BCUT2D eigenvalue weighted by Gasteiger charge is -2.33. The molecule has 2 nitrogen and oxygen atoms in total. The van der Waals surface area contributed by atoms with Gasteiger partial charge in [-0.2, -0.15) is 0 Å². The molecule has 0 fully saturated rings. The number of methoxy groups -OCH3 is 1. The molecule has 0 saturated carbocycles. The minimum Gasteiger partial charge on any atom is -0.383 e. The first kappa shape index (κ1) is 10.6. The van der Waals surface area contributed by atoms with Crippen molar-refractivity contribution in [3.8, 4) is 0 Å². The van der Waals surface area contributed by atoms with E-state index in [-0.39, 0.29) is 12.4 Å². The topological polar surface area (TPSA) is 29.5 Å². The summed E-state index contributed by atoms with van der Waals surface area (Å²) < 4.78 is 18.5. The highest BCUT2D eigenvalue weighted by Crippen LogP contribution is 2.36. The summed E-state index contributed by atoms with van der Waals surface area (Å²) in [4.78, 5) is 0. The molecule has 2 rings (SSSR count). The van der Waals surface area contributed by atoms with Gasteiger partial charge in [0.05, 0.1) is 6.61 Å². The Bertz CT molecular complexity index is 365. The second kappa shape index (κ2) is 3.91. The van der Waals surface area contributed by atoms with Gasteiger partial charge >= 0.3 is 0 Å². The molecule has 3 heteroatoms. The van der Waals surface area contributed by atoms with E-state index in [9.17, 15) is 9.50 Å². The summed E-state index contributed by atoms with van der Waals surface area (Å²) in [7, 11) is 1.55. The summed E-state index contributed by atoms with van der Waals surface area (Å²) in [6, 6.07) is 4.87. The zero-order chi connectivity index (χ0) is 10.9. The molecule has 1 atom stereocenters. The smallest absolute Gasteiger partial charge is 0.126 e. The van der Waals surface area contributed by atoms with Crippen LogP contribution in [0.25, 0.3) is 0 Å². The Morgan fingerprint density at radius 1 is 1.53 bits per heavy atom. The fourth-order valence-corrected chi connectivity index (χ4v) is 2.33. The molecule has 0 spiro atoms. The van der Waals surface area contributed by atoms with Gasteiger partial charge in [0, 0.05) is 7.11 Å². The molecule has 0 aliphatic heterocycles. The zero-order valence-corrected chi connectivity index (χ0v) is 8.79. The quantitative estimate of drug-likeness (QED) is 0.809. The highest BCUT2D eigenvalue weighted by molar-refractivity contribution is 5.35. The number of benzene rings is 1. The van der Waals surface area contributed by atoms with E-state index in [0.29, 0.717) is 24.0 Å². The minimum atomic E-state index is -1.01. The van der Waals surface area contributed by atoms with Gasteiger partial charge in [0.15, 0.2) is 0 Å². The average molecular weight is 210 g/mol. The number of hydrogen-bond acceptors (Lipinski definition) is 2. The molecule has 1 unspecified atom stereocenters. The Labute approximate surface area is 88.7 Å². The molecule has 0 aromatic heterocycles. The second-order valence-corrected chi connectivity index (χ2v) is 4.08. The van der Waals surface area contributed by atoms with E-state index in [4.69, 9.17) is 4.74 Å². The van der Waals surface area contributed by atoms with Gasteiger partial charge in [0.25, 0.3) is 0 Å². The van der Waals surface area contributed by atoms with Crippen molar-refractivity contribution in [1.82, 2.24) is 0 Å². The summed E-state index contributed by atoms with van der Waals surface area (Å²) in [6.07, 6.45) is 2.14. The van der Waals surface area contributed by atoms with Crippen LogP contribution in [0.15, 0.2) is 18.2 Å². The number of halogens is 1. The van der Waals surface area contributed by atoms with E-state index in [1.807, 2.05) is 0 Å². The van der Waals surface area contributed by atoms with Crippen molar-refractivity contribution in [1.29, 1.82) is 0 Å². The SMILES string of the molecule is COCC1(O)CCCc2c(F)cccc21. The van der Waals surface area contributed by atoms with Crippen LogP contribution >= 0.6 is 0 Å². The van der Waals surface area contributed by atoms with Crippen molar-refractivity contribution >= 4 is 0 Å². The normalized spacial score (nSPS) is 25.0. The Kier molecular flexibility index (Phi) is 2.76. The first-order valence-corrected chi connectivity index (χ1v) is 5.16. The van der Waals surface area contributed by atoms with E-state index < -0.39 is 5.60 Å². The molecule has 0 amide bonds. The van der Waals surface area contributed by atoms with E-state index in [2.05, 4.69) is 0 Å². The Morgan fingerprint density at radius 2 is 2.33 bits per heavy atom. The molecular formula is C12H15FO2. The molecule has 15 heavy (non-hydrogen) atoms. The summed E-state index contributed by atoms with van der Waals surface area (Å²) in [5.74, 6) is -0.221. The summed E-state index contributed by atoms with van der Waals surface area (Å²) in [5, 5.41) is 10.4.